The molecule has 0 heterocycles. The first kappa shape index (κ1) is 12.1. The van der Waals surface area contributed by atoms with E-state index in [1.807, 2.05) is 19.1 Å². The highest BCUT2D eigenvalue weighted by Gasteiger charge is 2.07. The van der Waals surface area contributed by atoms with Gasteiger partial charge in [0, 0.05) is 11.1 Å². The molecule has 0 radical (unpaired) electrons. The van der Waals surface area contributed by atoms with Crippen LogP contribution in [-0.2, 0) is 0 Å². The van der Waals surface area contributed by atoms with Crippen LogP contribution in [0.5, 0.6) is 11.5 Å². The van der Waals surface area contributed by atoms with Gasteiger partial charge in [-0.1, -0.05) is 29.3 Å². The number of ether oxygens (including phenoxy) is 1. The van der Waals surface area contributed by atoms with E-state index in [9.17, 15) is 0 Å². The van der Waals surface area contributed by atoms with Crippen molar-refractivity contribution in [1.29, 1.82) is 0 Å². The van der Waals surface area contributed by atoms with Gasteiger partial charge >= 0.3 is 0 Å². The minimum Gasteiger partial charge on any atom is -0.454 e. The number of aryl methyl sites for hydroxylation is 1. The van der Waals surface area contributed by atoms with Crippen LogP contribution in [0, 0.1) is 6.92 Å². The van der Waals surface area contributed by atoms with Crippen molar-refractivity contribution >= 4 is 28.9 Å². The molecule has 0 atom stereocenters. The molecular formula is C13H11Cl2NO. The highest BCUT2D eigenvalue weighted by Crippen LogP contribution is 2.34. The van der Waals surface area contributed by atoms with Crippen LogP contribution in [0.3, 0.4) is 0 Å². The minimum absolute atomic E-state index is 0.496. The first-order valence-corrected chi connectivity index (χ1v) is 5.81. The highest BCUT2D eigenvalue weighted by molar-refractivity contribution is 6.34. The second kappa shape index (κ2) is 4.86. The van der Waals surface area contributed by atoms with Gasteiger partial charge in [0.05, 0.1) is 10.7 Å². The lowest BCUT2D eigenvalue weighted by Gasteiger charge is -2.10. The van der Waals surface area contributed by atoms with Gasteiger partial charge in [-0.15, -0.1) is 0 Å². The minimum atomic E-state index is 0.496. The average Bonchev–Trinajstić information content (AvgIpc) is 2.28. The Morgan fingerprint density at radius 1 is 1.00 bits per heavy atom. The van der Waals surface area contributed by atoms with Gasteiger partial charge in [-0.2, -0.15) is 0 Å². The zero-order valence-electron chi connectivity index (χ0n) is 9.21. The Bertz CT molecular complexity index is 506. The van der Waals surface area contributed by atoms with Crippen LogP contribution in [0.1, 0.15) is 5.56 Å². The van der Waals surface area contributed by atoms with Gasteiger partial charge in [0.2, 0.25) is 0 Å². The first-order valence-electron chi connectivity index (χ1n) is 5.05. The summed E-state index contributed by atoms with van der Waals surface area (Å²) < 4.78 is 5.66. The van der Waals surface area contributed by atoms with Gasteiger partial charge in [0.15, 0.2) is 5.75 Å². The van der Waals surface area contributed by atoms with Crippen LogP contribution in [0.15, 0.2) is 36.4 Å². The molecular weight excluding hydrogens is 257 g/mol. The van der Waals surface area contributed by atoms with Crippen molar-refractivity contribution in [2.45, 2.75) is 6.92 Å². The molecule has 2 aromatic carbocycles. The maximum atomic E-state index is 6.01. The van der Waals surface area contributed by atoms with E-state index >= 15 is 0 Å². The molecule has 2 N–H and O–H groups in total. The predicted octanol–water partition coefficient (Wildman–Crippen LogP) is 4.68. The zero-order chi connectivity index (χ0) is 12.4. The van der Waals surface area contributed by atoms with Gasteiger partial charge in [0.1, 0.15) is 5.75 Å². The average molecular weight is 268 g/mol. The third-order valence-electron chi connectivity index (χ3n) is 2.28. The van der Waals surface area contributed by atoms with E-state index in [-0.39, 0.29) is 0 Å². The van der Waals surface area contributed by atoms with Crippen LogP contribution in [0.2, 0.25) is 10.0 Å². The zero-order valence-corrected chi connectivity index (χ0v) is 10.7. The Morgan fingerprint density at radius 2 is 1.76 bits per heavy atom. The van der Waals surface area contributed by atoms with Crippen LogP contribution in [0.25, 0.3) is 0 Å². The molecule has 0 fully saturated rings. The Labute approximate surface area is 110 Å². The molecule has 0 aromatic heterocycles. The lowest BCUT2D eigenvalue weighted by Crippen LogP contribution is -1.93. The number of benzene rings is 2. The van der Waals surface area contributed by atoms with Crippen molar-refractivity contribution in [2.24, 2.45) is 0 Å². The molecule has 0 unspecified atom stereocenters. The fraction of sp³-hybridized carbons (Fsp3) is 0.0769. The van der Waals surface area contributed by atoms with E-state index in [2.05, 4.69) is 0 Å². The summed E-state index contributed by atoms with van der Waals surface area (Å²) in [6.07, 6.45) is 0. The van der Waals surface area contributed by atoms with Gasteiger partial charge < -0.3 is 10.5 Å². The summed E-state index contributed by atoms with van der Waals surface area (Å²) >= 11 is 11.9. The number of hydrogen-bond donors (Lipinski definition) is 1. The maximum absolute atomic E-state index is 6.01. The highest BCUT2D eigenvalue weighted by atomic mass is 35.5. The van der Waals surface area contributed by atoms with Crippen molar-refractivity contribution < 1.29 is 4.74 Å². The summed E-state index contributed by atoms with van der Waals surface area (Å²) in [6.45, 7) is 1.96. The Morgan fingerprint density at radius 3 is 2.53 bits per heavy atom. The van der Waals surface area contributed by atoms with Gasteiger partial charge in [-0.05, 0) is 36.8 Å². The quantitative estimate of drug-likeness (QED) is 0.803. The Hall–Kier alpha value is -1.38. The third kappa shape index (κ3) is 2.84. The van der Waals surface area contributed by atoms with E-state index in [0.717, 1.165) is 5.56 Å². The fourth-order valence-electron chi connectivity index (χ4n) is 1.40. The molecule has 0 saturated carbocycles. The number of nitrogens with two attached hydrogens (primary N) is 1. The summed E-state index contributed by atoms with van der Waals surface area (Å²) in [4.78, 5) is 0. The standard InChI is InChI=1S/C13H11Cl2NO/c1-8-2-5-11(16)13(6-8)17-12-7-9(14)3-4-10(12)15/h2-7H,16H2,1H3. The van der Waals surface area contributed by atoms with E-state index < -0.39 is 0 Å². The second-order valence-corrected chi connectivity index (χ2v) is 4.56. The molecule has 4 heteroatoms. The van der Waals surface area contributed by atoms with Gasteiger partial charge in [-0.3, -0.25) is 0 Å². The van der Waals surface area contributed by atoms with Gasteiger partial charge in [-0.25, -0.2) is 0 Å². The number of hydrogen-bond acceptors (Lipinski definition) is 2. The molecule has 2 rings (SSSR count). The van der Waals surface area contributed by atoms with E-state index in [0.29, 0.717) is 27.2 Å². The number of halogens is 2. The molecule has 17 heavy (non-hydrogen) atoms. The first-order chi connectivity index (χ1) is 8.06. The molecule has 0 saturated heterocycles. The normalized spacial score (nSPS) is 10.3. The van der Waals surface area contributed by atoms with E-state index in [1.165, 1.54) is 0 Å². The van der Waals surface area contributed by atoms with Crippen LogP contribution < -0.4 is 10.5 Å². The summed E-state index contributed by atoms with van der Waals surface area (Å²) in [5.41, 5.74) is 7.45. The lowest BCUT2D eigenvalue weighted by molar-refractivity contribution is 0.485. The van der Waals surface area contributed by atoms with Gasteiger partial charge in [0.25, 0.3) is 0 Å². The molecule has 0 aliphatic rings. The Kier molecular flexibility index (Phi) is 3.46. The topological polar surface area (TPSA) is 35.2 Å². The van der Waals surface area contributed by atoms with Crippen LogP contribution in [-0.4, -0.2) is 0 Å². The number of anilines is 1. The maximum Gasteiger partial charge on any atom is 0.150 e. The summed E-state index contributed by atoms with van der Waals surface area (Å²) in [7, 11) is 0. The molecule has 0 spiro atoms. The van der Waals surface area contributed by atoms with Crippen molar-refractivity contribution in [3.05, 3.63) is 52.0 Å². The van der Waals surface area contributed by atoms with Crippen LogP contribution >= 0.6 is 23.2 Å². The number of rotatable bonds is 2. The predicted molar refractivity (Wildman–Crippen MR) is 72.1 cm³/mol. The molecule has 0 aliphatic heterocycles. The van der Waals surface area contributed by atoms with Crippen molar-refractivity contribution in [1.82, 2.24) is 0 Å². The molecule has 88 valence electrons. The molecule has 0 amide bonds. The summed E-state index contributed by atoms with van der Waals surface area (Å²) in [6, 6.07) is 10.6. The van der Waals surface area contributed by atoms with E-state index in [1.54, 1.807) is 24.3 Å². The Balaban J connectivity index is 2.37. The summed E-state index contributed by atoms with van der Waals surface area (Å²) in [5.74, 6) is 1.07. The van der Waals surface area contributed by atoms with Crippen molar-refractivity contribution in [2.75, 3.05) is 5.73 Å². The smallest absolute Gasteiger partial charge is 0.150 e. The molecule has 2 nitrogen and oxygen atoms in total. The molecule has 0 bridgehead atoms. The van der Waals surface area contributed by atoms with Crippen molar-refractivity contribution in [3.8, 4) is 11.5 Å². The largest absolute Gasteiger partial charge is 0.454 e. The SMILES string of the molecule is Cc1ccc(N)c(Oc2cc(Cl)ccc2Cl)c1. The molecule has 0 aliphatic carbocycles. The van der Waals surface area contributed by atoms with E-state index in [4.69, 9.17) is 33.7 Å². The fourth-order valence-corrected chi connectivity index (χ4v) is 1.72. The van der Waals surface area contributed by atoms with Crippen molar-refractivity contribution in [3.63, 3.8) is 0 Å². The van der Waals surface area contributed by atoms with Crippen LogP contribution in [0.4, 0.5) is 5.69 Å². The summed E-state index contributed by atoms with van der Waals surface area (Å²) in [5, 5.41) is 1.06. The lowest BCUT2D eigenvalue weighted by atomic mass is 10.2. The second-order valence-electron chi connectivity index (χ2n) is 3.72. The monoisotopic (exact) mass is 267 g/mol. The molecule has 2 aromatic rings. The third-order valence-corrected chi connectivity index (χ3v) is 2.83. The number of nitrogen functional groups attached to an aromatic ring is 1.